The van der Waals surface area contributed by atoms with Crippen LogP contribution < -0.4 is 10.6 Å². The van der Waals surface area contributed by atoms with Crippen LogP contribution in [0.3, 0.4) is 0 Å². The highest BCUT2D eigenvalue weighted by Crippen LogP contribution is 2.44. The molecule has 0 bridgehead atoms. The van der Waals surface area contributed by atoms with Gasteiger partial charge in [0.1, 0.15) is 12.6 Å². The van der Waals surface area contributed by atoms with Crippen LogP contribution in [0.5, 0.6) is 0 Å². The van der Waals surface area contributed by atoms with Gasteiger partial charge in [0.05, 0.1) is 0 Å². The largest absolute Gasteiger partial charge is 0.480 e. The van der Waals surface area contributed by atoms with Crippen molar-refractivity contribution in [1.82, 2.24) is 5.32 Å². The second kappa shape index (κ2) is 11.2. The SMILES string of the molecule is CC(=O)Nc1ccc(-c2ccc(CC(NC(=O)OCC3c4ccccc4-c4ccccc43)C(=O)O)cc2)cc1. The van der Waals surface area contributed by atoms with Crippen LogP contribution in [0.2, 0.25) is 0 Å². The predicted molar refractivity (Wildman–Crippen MR) is 150 cm³/mol. The van der Waals surface area contributed by atoms with Crippen LogP contribution >= 0.6 is 0 Å². The second-order valence-corrected chi connectivity index (χ2v) is 9.52. The lowest BCUT2D eigenvalue weighted by Gasteiger charge is -2.17. The van der Waals surface area contributed by atoms with Crippen LogP contribution in [-0.4, -0.2) is 35.7 Å². The summed E-state index contributed by atoms with van der Waals surface area (Å²) in [5.74, 6) is -1.38. The molecule has 3 N–H and O–H groups in total. The number of carbonyl (C=O) groups excluding carboxylic acids is 2. The first-order valence-electron chi connectivity index (χ1n) is 12.7. The summed E-state index contributed by atoms with van der Waals surface area (Å²) in [5.41, 5.74) is 7.81. The summed E-state index contributed by atoms with van der Waals surface area (Å²) < 4.78 is 5.53. The van der Waals surface area contributed by atoms with E-state index in [1.165, 1.54) is 6.92 Å². The normalized spacial score (nSPS) is 12.6. The van der Waals surface area contributed by atoms with Crippen molar-refractivity contribution in [1.29, 1.82) is 0 Å². The van der Waals surface area contributed by atoms with E-state index in [0.29, 0.717) is 5.69 Å². The Hall–Kier alpha value is -4.91. The summed E-state index contributed by atoms with van der Waals surface area (Å²) in [4.78, 5) is 35.8. The van der Waals surface area contributed by atoms with Crippen molar-refractivity contribution < 1.29 is 24.2 Å². The molecule has 39 heavy (non-hydrogen) atoms. The Morgan fingerprint density at radius 1 is 0.795 bits per heavy atom. The molecule has 7 heteroatoms. The monoisotopic (exact) mass is 520 g/mol. The Labute approximate surface area is 226 Å². The summed E-state index contributed by atoms with van der Waals surface area (Å²) in [6, 6.07) is 29.9. The highest BCUT2D eigenvalue weighted by Gasteiger charge is 2.29. The zero-order valence-electron chi connectivity index (χ0n) is 21.4. The molecule has 0 heterocycles. The van der Waals surface area contributed by atoms with Crippen LogP contribution in [-0.2, 0) is 20.7 Å². The van der Waals surface area contributed by atoms with E-state index >= 15 is 0 Å². The van der Waals surface area contributed by atoms with Gasteiger partial charge in [0.25, 0.3) is 0 Å². The van der Waals surface area contributed by atoms with Gasteiger partial charge < -0.3 is 20.5 Å². The highest BCUT2D eigenvalue weighted by molar-refractivity contribution is 5.89. The zero-order chi connectivity index (χ0) is 27.4. The van der Waals surface area contributed by atoms with E-state index in [-0.39, 0.29) is 24.9 Å². The number of alkyl carbamates (subject to hydrolysis) is 1. The van der Waals surface area contributed by atoms with Gasteiger partial charge in [0.2, 0.25) is 5.91 Å². The Bertz CT molecular complexity index is 1470. The molecule has 1 aliphatic rings. The van der Waals surface area contributed by atoms with Gasteiger partial charge in [-0.2, -0.15) is 0 Å². The maximum Gasteiger partial charge on any atom is 0.407 e. The fraction of sp³-hybridized carbons (Fsp3) is 0.156. The van der Waals surface area contributed by atoms with E-state index in [9.17, 15) is 19.5 Å². The van der Waals surface area contributed by atoms with Crippen LogP contribution in [0, 0.1) is 0 Å². The van der Waals surface area contributed by atoms with Gasteiger partial charge in [-0.05, 0) is 51.1 Å². The van der Waals surface area contributed by atoms with Gasteiger partial charge in [0.15, 0.2) is 0 Å². The number of anilines is 1. The maximum absolute atomic E-state index is 12.6. The average molecular weight is 521 g/mol. The van der Waals surface area contributed by atoms with Crippen molar-refractivity contribution in [2.75, 3.05) is 11.9 Å². The van der Waals surface area contributed by atoms with Gasteiger partial charge in [-0.3, -0.25) is 4.79 Å². The van der Waals surface area contributed by atoms with Crippen molar-refractivity contribution in [3.63, 3.8) is 0 Å². The third-order valence-corrected chi connectivity index (χ3v) is 6.87. The molecular formula is C32H28N2O5. The minimum atomic E-state index is -1.14. The number of hydrogen-bond donors (Lipinski definition) is 3. The third-order valence-electron chi connectivity index (χ3n) is 6.87. The Morgan fingerprint density at radius 3 is 1.87 bits per heavy atom. The summed E-state index contributed by atoms with van der Waals surface area (Å²) in [6.07, 6.45) is -0.651. The van der Waals surface area contributed by atoms with Crippen LogP contribution in [0.4, 0.5) is 10.5 Å². The molecule has 0 spiro atoms. The quantitative estimate of drug-likeness (QED) is 0.271. The van der Waals surface area contributed by atoms with Crippen molar-refractivity contribution in [3.05, 3.63) is 114 Å². The number of amides is 2. The van der Waals surface area contributed by atoms with Gasteiger partial charge in [-0.1, -0.05) is 84.9 Å². The summed E-state index contributed by atoms with van der Waals surface area (Å²) in [7, 11) is 0. The number of ether oxygens (including phenoxy) is 1. The molecule has 0 fully saturated rings. The van der Waals surface area contributed by atoms with Crippen LogP contribution in [0.1, 0.15) is 29.5 Å². The minimum absolute atomic E-state index is 0.105. The number of aliphatic carboxylic acids is 1. The Kier molecular flexibility index (Phi) is 7.41. The lowest BCUT2D eigenvalue weighted by Crippen LogP contribution is -2.42. The molecule has 1 atom stereocenters. The molecular weight excluding hydrogens is 492 g/mol. The van der Waals surface area contributed by atoms with Gasteiger partial charge in [0, 0.05) is 24.9 Å². The molecule has 0 saturated heterocycles. The molecule has 4 aromatic rings. The summed E-state index contributed by atoms with van der Waals surface area (Å²) >= 11 is 0. The van der Waals surface area contributed by atoms with E-state index in [1.807, 2.05) is 84.9 Å². The maximum atomic E-state index is 12.6. The van der Waals surface area contributed by atoms with Gasteiger partial charge in [-0.15, -0.1) is 0 Å². The molecule has 0 aliphatic heterocycles. The summed E-state index contributed by atoms with van der Waals surface area (Å²) in [5, 5.41) is 15.0. The minimum Gasteiger partial charge on any atom is -0.480 e. The first-order chi connectivity index (χ1) is 18.9. The number of fused-ring (bicyclic) bond motifs is 3. The Morgan fingerprint density at radius 2 is 1.33 bits per heavy atom. The van der Waals surface area contributed by atoms with E-state index in [0.717, 1.165) is 38.9 Å². The van der Waals surface area contributed by atoms with E-state index in [2.05, 4.69) is 22.8 Å². The van der Waals surface area contributed by atoms with Gasteiger partial charge in [-0.25, -0.2) is 9.59 Å². The molecule has 0 radical (unpaired) electrons. The van der Waals surface area contributed by atoms with E-state index in [1.54, 1.807) is 0 Å². The lowest BCUT2D eigenvalue weighted by molar-refractivity contribution is -0.139. The average Bonchev–Trinajstić information content (AvgIpc) is 3.26. The van der Waals surface area contributed by atoms with Crippen molar-refractivity contribution in [2.24, 2.45) is 0 Å². The first kappa shape index (κ1) is 25.7. The molecule has 1 unspecified atom stereocenters. The number of carbonyl (C=O) groups is 3. The zero-order valence-corrected chi connectivity index (χ0v) is 21.4. The number of carboxylic acids is 1. The number of nitrogens with one attached hydrogen (secondary N) is 2. The molecule has 196 valence electrons. The van der Waals surface area contributed by atoms with E-state index in [4.69, 9.17) is 4.74 Å². The smallest absolute Gasteiger partial charge is 0.407 e. The topological polar surface area (TPSA) is 105 Å². The number of carboxylic acid groups (broad SMARTS) is 1. The predicted octanol–water partition coefficient (Wildman–Crippen LogP) is 5.85. The Balaban J connectivity index is 1.20. The summed E-state index contributed by atoms with van der Waals surface area (Å²) in [6.45, 7) is 1.57. The van der Waals surface area contributed by atoms with Crippen molar-refractivity contribution in [2.45, 2.75) is 25.3 Å². The standard InChI is InChI=1S/C32H28N2O5/c1-20(35)33-24-16-14-23(15-17-24)22-12-10-21(11-13-22)18-30(31(36)37)34-32(38)39-19-29-27-8-4-2-6-25(27)26-7-3-5-9-28(26)29/h2-17,29-30H,18-19H2,1H3,(H,33,35)(H,34,38)(H,36,37). The molecule has 7 nitrogen and oxygen atoms in total. The van der Waals surface area contributed by atoms with Crippen molar-refractivity contribution in [3.8, 4) is 22.3 Å². The molecule has 0 saturated carbocycles. The highest BCUT2D eigenvalue weighted by atomic mass is 16.5. The fourth-order valence-electron chi connectivity index (χ4n) is 5.00. The van der Waals surface area contributed by atoms with Crippen molar-refractivity contribution >= 4 is 23.7 Å². The molecule has 0 aromatic heterocycles. The number of hydrogen-bond acceptors (Lipinski definition) is 4. The lowest BCUT2D eigenvalue weighted by atomic mass is 9.98. The third kappa shape index (κ3) is 5.83. The molecule has 5 rings (SSSR count). The van der Waals surface area contributed by atoms with E-state index < -0.39 is 18.1 Å². The second-order valence-electron chi connectivity index (χ2n) is 9.52. The first-order valence-corrected chi connectivity index (χ1v) is 12.7. The molecule has 2 amide bonds. The van der Waals surface area contributed by atoms with Crippen LogP contribution in [0.25, 0.3) is 22.3 Å². The number of rotatable bonds is 8. The molecule has 1 aliphatic carbocycles. The van der Waals surface area contributed by atoms with Gasteiger partial charge >= 0.3 is 12.1 Å². The molecule has 4 aromatic carbocycles. The van der Waals surface area contributed by atoms with Crippen LogP contribution in [0.15, 0.2) is 97.1 Å². The number of benzene rings is 4. The fourth-order valence-corrected chi connectivity index (χ4v) is 5.00.